The van der Waals surface area contributed by atoms with Crippen molar-refractivity contribution in [3.63, 3.8) is 0 Å². The van der Waals surface area contributed by atoms with Gasteiger partial charge in [-0.2, -0.15) is 0 Å². The summed E-state index contributed by atoms with van der Waals surface area (Å²) in [5, 5.41) is 76.9. The minimum atomic E-state index is -2.45. The van der Waals surface area contributed by atoms with Crippen molar-refractivity contribution in [2.75, 3.05) is 40.5 Å². The standard InChI is InChI=1S/C65H100N12O21/c1-15-32(5)27-33(6)20-25-44(81)65(12,95)64(94)68-29-46(83)72-48(37(10)78)59(89)70-41(16-2)57(87)73-47(34(7)35(8)54(66)84)58(88)75-50-52(31(3)4)98-63(93)43-19-17-18-26-77(43)62(92)51(53(97-14)39-21-23-40(80)24-22-39)76-60(90)49(38(11)79)74-55(85)36(9)69-45(82)28-67-56(86)42(30-96-13)71-61(50)91/h16,20-25,27,31-32,34-38,42-44,47-53,78-81,95H,15,17-19,26,28-30H2,1-14H3,(H2,66,84)(H,67,86)(H,68,94)(H,69,82)(H,70,89)(H,71,91)(H,72,83)(H,73,87)(H,74,85)(H,75,88)(H,76,90). The molecule has 33 nitrogen and oxygen atoms in total. The molecule has 1 aromatic carbocycles. The van der Waals surface area contributed by atoms with E-state index in [9.17, 15) is 68.7 Å². The van der Waals surface area contributed by atoms with Crippen LogP contribution >= 0.6 is 0 Å². The molecule has 3 rings (SSSR count). The predicted octanol–water partition coefficient (Wildman–Crippen LogP) is -3.47. The number of hydrogen-bond donors (Lipinski definition) is 16. The summed E-state index contributed by atoms with van der Waals surface area (Å²) in [6.45, 7) is 14.6. The molecule has 2 saturated heterocycles. The molecule has 17 atom stereocenters. The van der Waals surface area contributed by atoms with Crippen molar-refractivity contribution < 1.29 is 102 Å². The van der Waals surface area contributed by atoms with Gasteiger partial charge in [-0.25, -0.2) is 4.79 Å². The minimum Gasteiger partial charge on any atom is -0.508 e. The topological polar surface area (TPSA) is 500 Å². The number of phenols is 1. The van der Waals surface area contributed by atoms with Crippen molar-refractivity contribution in [2.45, 2.75) is 193 Å². The number of methoxy groups -OCH3 is 2. The lowest BCUT2D eigenvalue weighted by Crippen LogP contribution is -2.64. The van der Waals surface area contributed by atoms with Gasteiger partial charge in [-0.05, 0) is 96.3 Å². The second-order valence-electron chi connectivity index (χ2n) is 25.1. The molecule has 2 aliphatic heterocycles. The van der Waals surface area contributed by atoms with E-state index in [0.29, 0.717) is 12.8 Å². The lowest BCUT2D eigenvalue weighted by Gasteiger charge is -2.40. The van der Waals surface area contributed by atoms with Crippen molar-refractivity contribution >= 4 is 76.9 Å². The average Bonchev–Trinajstić information content (AvgIpc) is 0.801. The number of phenolic OH excluding ortho intramolecular Hbond substituents is 1. The van der Waals surface area contributed by atoms with Crippen LogP contribution in [0.5, 0.6) is 5.75 Å². The number of ether oxygens (including phenoxy) is 3. The molecule has 17 unspecified atom stereocenters. The molecule has 0 aromatic heterocycles. The first-order valence-electron chi connectivity index (χ1n) is 32.3. The van der Waals surface area contributed by atoms with E-state index in [4.69, 9.17) is 19.9 Å². The van der Waals surface area contributed by atoms with Gasteiger partial charge in [0.05, 0.1) is 31.9 Å². The molecule has 17 N–H and O–H groups in total. The molecule has 0 bridgehead atoms. The number of amides is 12. The Morgan fingerprint density at radius 3 is 2.03 bits per heavy atom. The van der Waals surface area contributed by atoms with Crippen molar-refractivity contribution in [2.24, 2.45) is 29.4 Å². The second kappa shape index (κ2) is 38.9. The van der Waals surface area contributed by atoms with Crippen LogP contribution in [-0.4, -0.2) is 226 Å². The molecule has 0 saturated carbocycles. The summed E-state index contributed by atoms with van der Waals surface area (Å²) < 4.78 is 17.3. The average molecular weight is 1390 g/mol. The highest BCUT2D eigenvalue weighted by Crippen LogP contribution is 2.29. The first kappa shape index (κ1) is 83.3. The molecule has 12 amide bonds. The summed E-state index contributed by atoms with van der Waals surface area (Å²) in [7, 11) is 2.36. The zero-order valence-electron chi connectivity index (χ0n) is 57.9. The van der Waals surface area contributed by atoms with Crippen molar-refractivity contribution in [1.29, 1.82) is 0 Å². The van der Waals surface area contributed by atoms with Crippen LogP contribution in [0.4, 0.5) is 0 Å². The third-order valence-electron chi connectivity index (χ3n) is 16.8. The first-order chi connectivity index (χ1) is 45.9. The summed E-state index contributed by atoms with van der Waals surface area (Å²) in [5.41, 5.74) is 3.63. The minimum absolute atomic E-state index is 0.0868. The fraction of sp³-hybridized carbons (Fsp3) is 0.615. The van der Waals surface area contributed by atoms with Crippen LogP contribution in [0.2, 0.25) is 0 Å². The lowest BCUT2D eigenvalue weighted by atomic mass is 9.87. The summed E-state index contributed by atoms with van der Waals surface area (Å²) in [6.07, 6.45) is -1.20. The molecule has 2 heterocycles. The zero-order chi connectivity index (χ0) is 74.2. The van der Waals surface area contributed by atoms with Gasteiger partial charge in [-0.1, -0.05) is 90.0 Å². The van der Waals surface area contributed by atoms with Crippen LogP contribution < -0.4 is 58.9 Å². The van der Waals surface area contributed by atoms with Gasteiger partial charge in [-0.15, -0.1) is 0 Å². The summed E-state index contributed by atoms with van der Waals surface area (Å²) in [5.74, 6) is -18.1. The van der Waals surface area contributed by atoms with E-state index in [1.165, 1.54) is 92.0 Å². The maximum absolute atomic E-state index is 15.3. The maximum atomic E-state index is 15.3. The number of hydrogen-bond acceptors (Lipinski definition) is 21. The number of piperidine rings is 1. The quantitative estimate of drug-likeness (QED) is 0.0243. The number of primary amides is 1. The van der Waals surface area contributed by atoms with Crippen LogP contribution in [-0.2, 0) is 76.5 Å². The normalized spacial score (nSPS) is 24.1. The summed E-state index contributed by atoms with van der Waals surface area (Å²) in [4.78, 5) is 184. The molecule has 98 heavy (non-hydrogen) atoms. The Morgan fingerprint density at radius 1 is 0.837 bits per heavy atom. The smallest absolute Gasteiger partial charge is 0.329 e. The van der Waals surface area contributed by atoms with E-state index < -0.39 is 204 Å². The van der Waals surface area contributed by atoms with Crippen molar-refractivity contribution in [3.8, 4) is 5.75 Å². The van der Waals surface area contributed by atoms with Crippen LogP contribution in [0.25, 0.3) is 0 Å². The molecule has 546 valence electrons. The van der Waals surface area contributed by atoms with Gasteiger partial charge in [0.2, 0.25) is 59.1 Å². The highest BCUT2D eigenvalue weighted by atomic mass is 16.5. The Bertz CT molecular complexity index is 3100. The Morgan fingerprint density at radius 2 is 1.47 bits per heavy atom. The van der Waals surface area contributed by atoms with Gasteiger partial charge < -0.3 is 104 Å². The second-order valence-corrected chi connectivity index (χ2v) is 25.1. The molecular formula is C65H100N12O21. The Labute approximate surface area is 569 Å². The zero-order valence-corrected chi connectivity index (χ0v) is 57.9. The third kappa shape index (κ3) is 24.0. The number of allylic oxidation sites excluding steroid dienone is 4. The number of fused-ring (bicyclic) bond motifs is 1. The summed E-state index contributed by atoms with van der Waals surface area (Å²) >= 11 is 0. The number of benzene rings is 1. The number of carbonyl (C=O) groups is 13. The molecule has 1 aromatic rings. The molecular weight excluding hydrogens is 1280 g/mol. The predicted molar refractivity (Wildman–Crippen MR) is 351 cm³/mol. The van der Waals surface area contributed by atoms with Gasteiger partial charge in [0, 0.05) is 26.7 Å². The van der Waals surface area contributed by atoms with E-state index in [2.05, 4.69) is 53.2 Å². The highest BCUT2D eigenvalue weighted by Gasteiger charge is 2.47. The maximum Gasteiger partial charge on any atom is 0.329 e. The van der Waals surface area contributed by atoms with Gasteiger partial charge in [-0.3, -0.25) is 57.5 Å². The van der Waals surface area contributed by atoms with Gasteiger partial charge >= 0.3 is 5.97 Å². The largest absolute Gasteiger partial charge is 0.508 e. The first-order valence-corrected chi connectivity index (χ1v) is 32.3. The number of cyclic esters (lactones) is 1. The number of nitrogens with two attached hydrogens (primary N) is 1. The molecule has 2 aliphatic rings. The van der Waals surface area contributed by atoms with E-state index in [1.54, 1.807) is 6.92 Å². The number of rotatable bonds is 26. The third-order valence-corrected chi connectivity index (χ3v) is 16.8. The van der Waals surface area contributed by atoms with E-state index in [0.717, 1.165) is 43.9 Å². The number of nitrogens with one attached hydrogen (secondary N) is 10. The SMILES string of the molecule is CC=C(NC(=O)C(NC(=O)CNC(=O)C(C)(O)C(O)C=CC(C)=CC(C)CC)C(C)O)C(=O)NC(C(=O)NC1C(=O)NC(COC)C(=O)NCC(=O)NC(C)C(=O)NC(C(C)O)C(=O)NC(C(OC)c2ccc(O)cc2)C(=O)N2CCCCC2C(=O)OC1C(C)C)C(C)C(C)C(N)=O. The lowest BCUT2D eigenvalue weighted by molar-refractivity contribution is -0.168. The molecule has 0 radical (unpaired) electrons. The molecule has 2 fully saturated rings. The Kier molecular flexibility index (Phi) is 33.1. The fourth-order valence-electron chi connectivity index (χ4n) is 10.4. The number of carbonyl (C=O) groups excluding carboxylic acids is 13. The van der Waals surface area contributed by atoms with E-state index in [-0.39, 0.29) is 30.2 Å². The van der Waals surface area contributed by atoms with Crippen LogP contribution in [0, 0.1) is 23.7 Å². The fourth-order valence-corrected chi connectivity index (χ4v) is 10.4. The van der Waals surface area contributed by atoms with Gasteiger partial charge in [0.1, 0.15) is 78.1 Å². The number of esters is 1. The van der Waals surface area contributed by atoms with Crippen molar-refractivity contribution in [3.05, 3.63) is 65.4 Å². The monoisotopic (exact) mass is 1380 g/mol. The molecule has 0 aliphatic carbocycles. The number of aromatic hydroxyl groups is 1. The number of aliphatic hydroxyl groups excluding tert-OH is 3. The Hall–Kier alpha value is -8.89. The van der Waals surface area contributed by atoms with E-state index in [1.807, 2.05) is 19.9 Å². The summed E-state index contributed by atoms with van der Waals surface area (Å²) in [6, 6.07) is -8.79. The highest BCUT2D eigenvalue weighted by molar-refractivity contribution is 6.03. The molecule has 0 spiro atoms. The van der Waals surface area contributed by atoms with E-state index >= 15 is 19.2 Å². The number of aliphatic hydroxyl groups is 4. The number of nitrogens with zero attached hydrogens (tertiary/aromatic N) is 1. The molecule has 33 heteroatoms. The Balaban J connectivity index is 2.15. The van der Waals surface area contributed by atoms with Gasteiger partial charge in [0.25, 0.3) is 11.8 Å². The van der Waals surface area contributed by atoms with Crippen LogP contribution in [0.15, 0.2) is 59.8 Å². The van der Waals surface area contributed by atoms with Crippen LogP contribution in [0.3, 0.4) is 0 Å². The van der Waals surface area contributed by atoms with Gasteiger partial charge in [0.15, 0.2) is 5.60 Å². The van der Waals surface area contributed by atoms with Crippen LogP contribution in [0.1, 0.15) is 120 Å². The van der Waals surface area contributed by atoms with Crippen molar-refractivity contribution in [1.82, 2.24) is 58.1 Å².